The van der Waals surface area contributed by atoms with Gasteiger partial charge in [-0.2, -0.15) is 5.10 Å². The fraction of sp³-hybridized carbons (Fsp3) is 0.211. The van der Waals surface area contributed by atoms with E-state index in [2.05, 4.69) is 21.0 Å². The monoisotopic (exact) mass is 366 g/mol. The van der Waals surface area contributed by atoms with Crippen LogP contribution in [-0.2, 0) is 12.8 Å². The van der Waals surface area contributed by atoms with E-state index in [9.17, 15) is 9.59 Å². The Labute approximate surface area is 154 Å². The molecule has 0 radical (unpaired) electrons. The lowest BCUT2D eigenvalue weighted by atomic mass is 9.99. The second-order valence-corrected chi connectivity index (χ2v) is 7.34. The van der Waals surface area contributed by atoms with Crippen molar-refractivity contribution in [2.24, 2.45) is 0 Å². The zero-order chi connectivity index (χ0) is 17.9. The van der Waals surface area contributed by atoms with Crippen LogP contribution < -0.4 is 10.9 Å². The van der Waals surface area contributed by atoms with E-state index in [-0.39, 0.29) is 5.91 Å². The van der Waals surface area contributed by atoms with Crippen LogP contribution in [0.4, 0.5) is 0 Å². The normalized spacial score (nSPS) is 13.1. The predicted molar refractivity (Wildman–Crippen MR) is 99.9 cm³/mol. The molecule has 0 saturated heterocycles. The molecule has 132 valence electrons. The number of aryl methyl sites for hydroxylation is 2. The molecule has 2 amide bonds. The highest BCUT2D eigenvalue weighted by Gasteiger charge is 2.19. The number of benzene rings is 1. The number of amides is 2. The number of carbonyl (C=O) groups is 2. The highest BCUT2D eigenvalue weighted by Crippen LogP contribution is 2.29. The third-order valence-corrected chi connectivity index (χ3v) is 5.69. The summed E-state index contributed by atoms with van der Waals surface area (Å²) in [5.41, 5.74) is 8.10. The topological polar surface area (TPSA) is 86.9 Å². The van der Waals surface area contributed by atoms with Crippen LogP contribution in [0, 0.1) is 0 Å². The Bertz CT molecular complexity index is 922. The number of aromatic amines is 1. The fourth-order valence-corrected chi connectivity index (χ4v) is 4.28. The summed E-state index contributed by atoms with van der Waals surface area (Å²) in [6.45, 7) is 0. The molecule has 0 saturated carbocycles. The Morgan fingerprint density at radius 2 is 1.81 bits per heavy atom. The average Bonchev–Trinajstić information content (AvgIpc) is 3.33. The van der Waals surface area contributed by atoms with E-state index in [1.165, 1.54) is 40.8 Å². The SMILES string of the molecule is O=C(NNC(=O)c1cn[nH]c1-c1ccccc1)c1cc2c(s1)CCCC2. The maximum atomic E-state index is 12.4. The van der Waals surface area contributed by atoms with Crippen molar-refractivity contribution in [3.05, 3.63) is 63.5 Å². The van der Waals surface area contributed by atoms with Gasteiger partial charge in [-0.1, -0.05) is 30.3 Å². The first-order valence-corrected chi connectivity index (χ1v) is 9.35. The predicted octanol–water partition coefficient (Wildman–Crippen LogP) is 3.09. The van der Waals surface area contributed by atoms with E-state index in [0.29, 0.717) is 16.1 Å². The van der Waals surface area contributed by atoms with Gasteiger partial charge < -0.3 is 0 Å². The first-order chi connectivity index (χ1) is 12.7. The van der Waals surface area contributed by atoms with Crippen LogP contribution in [0.25, 0.3) is 11.3 Å². The highest BCUT2D eigenvalue weighted by molar-refractivity contribution is 7.14. The third-order valence-electron chi connectivity index (χ3n) is 4.46. The molecule has 0 aliphatic heterocycles. The molecule has 3 N–H and O–H groups in total. The van der Waals surface area contributed by atoms with Gasteiger partial charge in [0.15, 0.2) is 0 Å². The summed E-state index contributed by atoms with van der Waals surface area (Å²) in [6, 6.07) is 11.4. The summed E-state index contributed by atoms with van der Waals surface area (Å²) >= 11 is 1.51. The summed E-state index contributed by atoms with van der Waals surface area (Å²) in [7, 11) is 0. The van der Waals surface area contributed by atoms with Gasteiger partial charge in [0.25, 0.3) is 11.8 Å². The van der Waals surface area contributed by atoms with E-state index in [0.717, 1.165) is 18.4 Å². The van der Waals surface area contributed by atoms with Gasteiger partial charge in [0.1, 0.15) is 0 Å². The highest BCUT2D eigenvalue weighted by atomic mass is 32.1. The standard InChI is InChI=1S/C19H18N4O2S/c24-18(14-11-20-21-17(14)12-6-2-1-3-7-12)22-23-19(25)16-10-13-8-4-5-9-15(13)26-16/h1-3,6-7,10-11H,4-5,8-9H2,(H,20,21)(H,22,24)(H,23,25). The molecule has 0 fully saturated rings. The quantitative estimate of drug-likeness (QED) is 0.623. The minimum absolute atomic E-state index is 0.289. The van der Waals surface area contributed by atoms with Gasteiger partial charge in [0.2, 0.25) is 0 Å². The molecular weight excluding hydrogens is 348 g/mol. The lowest BCUT2D eigenvalue weighted by molar-refractivity contribution is 0.0849. The van der Waals surface area contributed by atoms with E-state index < -0.39 is 5.91 Å². The van der Waals surface area contributed by atoms with Gasteiger partial charge >= 0.3 is 0 Å². The van der Waals surface area contributed by atoms with Crippen LogP contribution in [0.5, 0.6) is 0 Å². The zero-order valence-corrected chi connectivity index (χ0v) is 14.9. The van der Waals surface area contributed by atoms with Crippen LogP contribution in [0.2, 0.25) is 0 Å². The van der Waals surface area contributed by atoms with Crippen LogP contribution in [-0.4, -0.2) is 22.0 Å². The fourth-order valence-electron chi connectivity index (χ4n) is 3.13. The molecule has 4 rings (SSSR count). The van der Waals surface area contributed by atoms with E-state index in [1.54, 1.807) is 0 Å². The van der Waals surface area contributed by atoms with Gasteiger partial charge in [-0.25, -0.2) is 0 Å². The summed E-state index contributed by atoms with van der Waals surface area (Å²) in [5, 5.41) is 6.79. The van der Waals surface area contributed by atoms with Gasteiger partial charge in [0, 0.05) is 10.4 Å². The van der Waals surface area contributed by atoms with Crippen LogP contribution in [0.15, 0.2) is 42.6 Å². The third kappa shape index (κ3) is 3.25. The van der Waals surface area contributed by atoms with Crippen molar-refractivity contribution in [1.29, 1.82) is 0 Å². The number of hydrazine groups is 1. The number of nitrogens with one attached hydrogen (secondary N) is 3. The molecule has 1 aliphatic carbocycles. The molecule has 26 heavy (non-hydrogen) atoms. The van der Waals surface area contributed by atoms with Gasteiger partial charge in [0.05, 0.1) is 22.3 Å². The molecule has 1 aromatic carbocycles. The van der Waals surface area contributed by atoms with Crippen molar-refractivity contribution in [2.75, 3.05) is 0 Å². The maximum Gasteiger partial charge on any atom is 0.279 e. The van der Waals surface area contributed by atoms with Gasteiger partial charge in [-0.3, -0.25) is 25.5 Å². The molecule has 0 unspecified atom stereocenters. The Morgan fingerprint density at radius 1 is 1.04 bits per heavy atom. The minimum atomic E-state index is -0.410. The molecule has 0 atom stereocenters. The Kier molecular flexibility index (Phi) is 4.53. The average molecular weight is 366 g/mol. The van der Waals surface area contributed by atoms with Crippen molar-refractivity contribution < 1.29 is 9.59 Å². The molecule has 2 heterocycles. The Morgan fingerprint density at radius 3 is 2.62 bits per heavy atom. The molecule has 6 nitrogen and oxygen atoms in total. The van der Waals surface area contributed by atoms with Crippen molar-refractivity contribution in [1.82, 2.24) is 21.0 Å². The van der Waals surface area contributed by atoms with Crippen LogP contribution in [0.3, 0.4) is 0 Å². The van der Waals surface area contributed by atoms with E-state index >= 15 is 0 Å². The van der Waals surface area contributed by atoms with E-state index in [4.69, 9.17) is 0 Å². The number of carbonyl (C=O) groups excluding carboxylic acids is 2. The Hall–Kier alpha value is -2.93. The lowest BCUT2D eigenvalue weighted by Gasteiger charge is -2.08. The number of aromatic nitrogens is 2. The maximum absolute atomic E-state index is 12.4. The second-order valence-electron chi connectivity index (χ2n) is 6.20. The van der Waals surface area contributed by atoms with Crippen molar-refractivity contribution in [3.63, 3.8) is 0 Å². The van der Waals surface area contributed by atoms with E-state index in [1.807, 2.05) is 36.4 Å². The molecule has 2 aromatic heterocycles. The number of nitrogens with zero attached hydrogens (tertiary/aromatic N) is 1. The minimum Gasteiger partial charge on any atom is -0.277 e. The largest absolute Gasteiger partial charge is 0.279 e. The molecular formula is C19H18N4O2S. The summed E-state index contributed by atoms with van der Waals surface area (Å²) < 4.78 is 0. The van der Waals surface area contributed by atoms with Gasteiger partial charge in [-0.15, -0.1) is 11.3 Å². The molecule has 3 aromatic rings. The van der Waals surface area contributed by atoms with Crippen LogP contribution in [0.1, 0.15) is 43.3 Å². The number of H-pyrrole nitrogens is 1. The number of rotatable bonds is 3. The molecule has 1 aliphatic rings. The van der Waals surface area contributed by atoms with Crippen molar-refractivity contribution in [3.8, 4) is 11.3 Å². The number of hydrogen-bond donors (Lipinski definition) is 3. The summed E-state index contributed by atoms with van der Waals surface area (Å²) in [5.74, 6) is -0.699. The second kappa shape index (κ2) is 7.13. The summed E-state index contributed by atoms with van der Waals surface area (Å²) in [4.78, 5) is 26.7. The molecule has 7 heteroatoms. The molecule has 0 bridgehead atoms. The first-order valence-electron chi connectivity index (χ1n) is 8.53. The molecule has 0 spiro atoms. The lowest BCUT2D eigenvalue weighted by Crippen LogP contribution is -2.41. The smallest absolute Gasteiger partial charge is 0.277 e. The summed E-state index contributed by atoms with van der Waals surface area (Å²) in [6.07, 6.45) is 5.86. The number of hydrogen-bond acceptors (Lipinski definition) is 4. The van der Waals surface area contributed by atoms with Gasteiger partial charge in [-0.05, 0) is 37.3 Å². The van der Waals surface area contributed by atoms with Crippen LogP contribution >= 0.6 is 11.3 Å². The number of thiophene rings is 1. The van der Waals surface area contributed by atoms with Crippen molar-refractivity contribution >= 4 is 23.2 Å². The number of fused-ring (bicyclic) bond motifs is 1. The zero-order valence-electron chi connectivity index (χ0n) is 14.0. The Balaban J connectivity index is 1.44. The first kappa shape index (κ1) is 16.5. The van der Waals surface area contributed by atoms with Crippen molar-refractivity contribution in [2.45, 2.75) is 25.7 Å².